The second-order valence-corrected chi connectivity index (χ2v) is 18.7. The molecule has 0 radical (unpaired) electrons. The lowest BCUT2D eigenvalue weighted by Crippen LogP contribution is -2.50. The molecule has 354 valence electrons. The lowest BCUT2D eigenvalue weighted by molar-refractivity contribution is -0.140. The summed E-state index contributed by atoms with van der Waals surface area (Å²) in [6.45, 7) is 23.3. The Hall–Kier alpha value is -4.55. The first-order valence-electron chi connectivity index (χ1n) is 21.4. The first kappa shape index (κ1) is 56.5. The maximum atomic E-state index is 13.4. The van der Waals surface area contributed by atoms with Crippen LogP contribution in [0.3, 0.4) is 0 Å². The Morgan fingerprint density at radius 2 is 0.803 bits per heavy atom. The molecule has 0 saturated heterocycles. The standard InChI is InChI=1S/C42H79N7O12/c1-39(2,3)58-35(53)45-23-17-14-20-30(47-37(55)60-41(7,8)9)33(51)43-25-28-49(27-19-16-22-32(50)57-13)29-26-44-34(52)31(48-38(56)61-42(10,11)12)21-15-18-24-46-36(54)59-40(4,5)6/h30-31H,14-29H2,1-13H3,(H,43,51)(H,44,52)(H,45,53)(H,46,54)(H,47,55)(H,48,56). The fraction of sp³-hybridized carbons (Fsp3) is 0.833. The molecule has 0 aromatic carbocycles. The van der Waals surface area contributed by atoms with Gasteiger partial charge in [0.15, 0.2) is 0 Å². The topological polar surface area (TPSA) is 241 Å². The average Bonchev–Trinajstić information content (AvgIpc) is 3.08. The zero-order chi connectivity index (χ0) is 46.9. The SMILES string of the molecule is COC(=O)CCCCN(CCNC(=O)C(CCCCNC(=O)OC(C)(C)C)NC(=O)OC(C)(C)C)CCNC(=O)C(CCCCNC(=O)OC(C)(C)C)NC(=O)OC(C)(C)C. The summed E-state index contributed by atoms with van der Waals surface area (Å²) in [7, 11) is 1.33. The van der Waals surface area contributed by atoms with Crippen LogP contribution in [0.15, 0.2) is 0 Å². The Kier molecular flexibility index (Phi) is 26.0. The Bertz CT molecular complexity index is 1280. The average molecular weight is 874 g/mol. The number of rotatable bonds is 25. The van der Waals surface area contributed by atoms with Crippen molar-refractivity contribution in [3.05, 3.63) is 0 Å². The van der Waals surface area contributed by atoms with Crippen LogP contribution in [0.5, 0.6) is 0 Å². The van der Waals surface area contributed by atoms with E-state index in [1.807, 2.05) is 4.90 Å². The van der Waals surface area contributed by atoms with Gasteiger partial charge < -0.3 is 55.6 Å². The van der Waals surface area contributed by atoms with Crippen molar-refractivity contribution in [3.8, 4) is 0 Å². The molecule has 0 heterocycles. The van der Waals surface area contributed by atoms with Crippen molar-refractivity contribution < 1.29 is 57.2 Å². The van der Waals surface area contributed by atoms with E-state index in [1.165, 1.54) is 7.11 Å². The Morgan fingerprint density at radius 3 is 1.15 bits per heavy atom. The third-order valence-corrected chi connectivity index (χ3v) is 7.98. The highest BCUT2D eigenvalue weighted by atomic mass is 16.6. The van der Waals surface area contributed by atoms with Gasteiger partial charge in [-0.15, -0.1) is 0 Å². The molecule has 0 spiro atoms. The van der Waals surface area contributed by atoms with Gasteiger partial charge in [-0.25, -0.2) is 19.2 Å². The van der Waals surface area contributed by atoms with Gasteiger partial charge in [-0.05, 0) is 141 Å². The molecular weight excluding hydrogens is 794 g/mol. The van der Waals surface area contributed by atoms with E-state index in [9.17, 15) is 33.6 Å². The van der Waals surface area contributed by atoms with E-state index in [4.69, 9.17) is 23.7 Å². The van der Waals surface area contributed by atoms with Crippen molar-refractivity contribution in [1.82, 2.24) is 36.8 Å². The minimum absolute atomic E-state index is 0.205. The van der Waals surface area contributed by atoms with Crippen molar-refractivity contribution in [2.45, 2.75) is 175 Å². The van der Waals surface area contributed by atoms with E-state index < -0.39 is 70.7 Å². The van der Waals surface area contributed by atoms with Gasteiger partial charge in [0.2, 0.25) is 11.8 Å². The predicted molar refractivity (Wildman–Crippen MR) is 231 cm³/mol. The minimum atomic E-state index is -0.910. The Labute approximate surface area is 363 Å². The number of amides is 6. The number of hydrogen-bond acceptors (Lipinski definition) is 13. The zero-order valence-electron chi connectivity index (χ0n) is 39.3. The molecule has 0 aromatic heterocycles. The van der Waals surface area contributed by atoms with E-state index in [2.05, 4.69) is 31.9 Å². The number of alkyl carbamates (subject to hydrolysis) is 4. The summed E-state index contributed by atoms with van der Waals surface area (Å²) in [4.78, 5) is 89.9. The first-order valence-corrected chi connectivity index (χ1v) is 21.4. The van der Waals surface area contributed by atoms with Gasteiger partial charge in [-0.1, -0.05) is 0 Å². The van der Waals surface area contributed by atoms with Crippen LogP contribution >= 0.6 is 0 Å². The number of carbonyl (C=O) groups excluding carboxylic acids is 7. The van der Waals surface area contributed by atoms with Crippen LogP contribution < -0.4 is 31.9 Å². The number of nitrogens with zero attached hydrogens (tertiary/aromatic N) is 1. The highest BCUT2D eigenvalue weighted by Crippen LogP contribution is 2.12. The van der Waals surface area contributed by atoms with E-state index in [0.717, 1.165) is 0 Å². The quantitative estimate of drug-likeness (QED) is 0.0401. The van der Waals surface area contributed by atoms with Crippen molar-refractivity contribution in [2.75, 3.05) is 52.9 Å². The van der Waals surface area contributed by atoms with Crippen molar-refractivity contribution in [1.29, 1.82) is 0 Å². The molecular formula is C42H79N7O12. The lowest BCUT2D eigenvalue weighted by atomic mass is 10.1. The van der Waals surface area contributed by atoms with Gasteiger partial charge in [0.1, 0.15) is 34.5 Å². The van der Waals surface area contributed by atoms with E-state index >= 15 is 0 Å². The molecule has 2 unspecified atom stereocenters. The summed E-state index contributed by atoms with van der Waals surface area (Å²) < 4.78 is 26.1. The third kappa shape index (κ3) is 33.8. The fourth-order valence-electron chi connectivity index (χ4n) is 5.36. The maximum Gasteiger partial charge on any atom is 0.408 e. The summed E-state index contributed by atoms with van der Waals surface area (Å²) >= 11 is 0. The normalized spacial score (nSPS) is 12.9. The van der Waals surface area contributed by atoms with Crippen LogP contribution in [0.4, 0.5) is 19.2 Å². The van der Waals surface area contributed by atoms with Crippen LogP contribution in [-0.4, -0.2) is 134 Å². The molecule has 2 atom stereocenters. The molecule has 19 heteroatoms. The highest BCUT2D eigenvalue weighted by Gasteiger charge is 2.26. The molecule has 0 aliphatic rings. The second kappa shape index (κ2) is 28.1. The predicted octanol–water partition coefficient (Wildman–Crippen LogP) is 5.04. The summed E-state index contributed by atoms with van der Waals surface area (Å²) in [6, 6.07) is -1.82. The maximum absolute atomic E-state index is 13.4. The van der Waals surface area contributed by atoms with Crippen LogP contribution in [0, 0.1) is 0 Å². The molecule has 0 fully saturated rings. The largest absolute Gasteiger partial charge is 0.469 e. The van der Waals surface area contributed by atoms with Gasteiger partial charge in [0.05, 0.1) is 7.11 Å². The first-order chi connectivity index (χ1) is 28.1. The number of nitrogens with one attached hydrogen (secondary N) is 6. The van der Waals surface area contributed by atoms with Crippen molar-refractivity contribution in [3.63, 3.8) is 0 Å². The van der Waals surface area contributed by atoms with Crippen LogP contribution in [-0.2, 0) is 38.1 Å². The summed E-state index contributed by atoms with van der Waals surface area (Å²) in [5.41, 5.74) is -2.82. The van der Waals surface area contributed by atoms with Crippen molar-refractivity contribution >= 4 is 42.2 Å². The van der Waals surface area contributed by atoms with Gasteiger partial charge in [-0.2, -0.15) is 0 Å². The number of unbranched alkanes of at least 4 members (excludes halogenated alkanes) is 3. The van der Waals surface area contributed by atoms with Gasteiger partial charge in [0, 0.05) is 45.7 Å². The van der Waals surface area contributed by atoms with Gasteiger partial charge in [-0.3, -0.25) is 19.3 Å². The molecule has 6 amide bonds. The Morgan fingerprint density at radius 1 is 0.443 bits per heavy atom. The van der Waals surface area contributed by atoms with Crippen LogP contribution in [0.1, 0.15) is 141 Å². The highest BCUT2D eigenvalue weighted by molar-refractivity contribution is 5.86. The molecule has 6 N–H and O–H groups in total. The van der Waals surface area contributed by atoms with Gasteiger partial charge >= 0.3 is 30.3 Å². The summed E-state index contributed by atoms with van der Waals surface area (Å²) in [6.07, 6.45) is 1.52. The van der Waals surface area contributed by atoms with Crippen LogP contribution in [0.2, 0.25) is 0 Å². The number of carbonyl (C=O) groups is 7. The fourth-order valence-corrected chi connectivity index (χ4v) is 5.36. The molecule has 0 aromatic rings. The van der Waals surface area contributed by atoms with Gasteiger partial charge in [0.25, 0.3) is 0 Å². The molecule has 0 aliphatic heterocycles. The van der Waals surface area contributed by atoms with Crippen LogP contribution in [0.25, 0.3) is 0 Å². The molecule has 0 saturated carbocycles. The third-order valence-electron chi connectivity index (χ3n) is 7.98. The summed E-state index contributed by atoms with van der Waals surface area (Å²) in [5.74, 6) is -1.15. The zero-order valence-corrected chi connectivity index (χ0v) is 39.3. The molecule has 61 heavy (non-hydrogen) atoms. The molecule has 0 rings (SSSR count). The van der Waals surface area contributed by atoms with Crippen molar-refractivity contribution in [2.24, 2.45) is 0 Å². The molecule has 19 nitrogen and oxygen atoms in total. The number of hydrogen-bond donors (Lipinski definition) is 6. The van der Waals surface area contributed by atoms with E-state index in [1.54, 1.807) is 83.1 Å². The summed E-state index contributed by atoms with van der Waals surface area (Å²) in [5, 5.41) is 16.5. The smallest absolute Gasteiger partial charge is 0.408 e. The number of ether oxygens (including phenoxy) is 5. The minimum Gasteiger partial charge on any atom is -0.469 e. The van der Waals surface area contributed by atoms with E-state index in [0.29, 0.717) is 71.2 Å². The van der Waals surface area contributed by atoms with E-state index in [-0.39, 0.29) is 38.3 Å². The number of methoxy groups -OCH3 is 1. The lowest BCUT2D eigenvalue weighted by Gasteiger charge is -2.26. The molecule has 0 bridgehead atoms. The number of esters is 1. The second-order valence-electron chi connectivity index (χ2n) is 18.7. The Balaban J connectivity index is 5.58. The monoisotopic (exact) mass is 874 g/mol. The molecule has 0 aliphatic carbocycles.